The molecule has 170 valence electrons. The van der Waals surface area contributed by atoms with Crippen molar-refractivity contribution in [1.29, 1.82) is 0 Å². The molecule has 2 heterocycles. The summed E-state index contributed by atoms with van der Waals surface area (Å²) in [5.74, 6) is -0.0188. The number of benzene rings is 2. The van der Waals surface area contributed by atoms with Crippen molar-refractivity contribution in [3.63, 3.8) is 0 Å². The molecule has 0 N–H and O–H groups in total. The number of carbonyl (C=O) groups is 2. The Morgan fingerprint density at radius 2 is 1.66 bits per heavy atom. The smallest absolute Gasteiger partial charge is 0.410 e. The number of hydrogen-bond acceptors (Lipinski definition) is 4. The fraction of sp³-hybridized carbons (Fsp3) is 0.440. The minimum atomic E-state index is -2.90. The Labute approximate surface area is 186 Å². The number of rotatable bonds is 7. The maximum Gasteiger partial charge on any atom is 0.410 e. The average Bonchev–Trinajstić information content (AvgIpc) is 2.77. The van der Waals surface area contributed by atoms with Crippen molar-refractivity contribution in [1.82, 2.24) is 4.90 Å². The molecule has 2 saturated heterocycles. The molecule has 0 radical (unpaired) electrons. The van der Waals surface area contributed by atoms with Gasteiger partial charge in [0.1, 0.15) is 18.1 Å². The van der Waals surface area contributed by atoms with E-state index in [1.807, 2.05) is 35.2 Å². The van der Waals surface area contributed by atoms with E-state index in [0.717, 1.165) is 24.8 Å². The Morgan fingerprint density at radius 3 is 2.34 bits per heavy atom. The van der Waals surface area contributed by atoms with Crippen LogP contribution in [-0.2, 0) is 22.6 Å². The molecule has 2 aromatic carbocycles. The second kappa shape index (κ2) is 10.1. The number of carbonyl (C=O) groups excluding carboxylic acids is 2. The molecule has 2 aliphatic rings. The van der Waals surface area contributed by atoms with Crippen molar-refractivity contribution in [3.8, 4) is 5.75 Å². The summed E-state index contributed by atoms with van der Waals surface area (Å²) in [5, 5.41) is 0. The molecule has 7 heteroatoms. The van der Waals surface area contributed by atoms with Gasteiger partial charge in [-0.05, 0) is 55.4 Å². The molecule has 0 aromatic heterocycles. The van der Waals surface area contributed by atoms with Gasteiger partial charge in [-0.2, -0.15) is 8.78 Å². The lowest BCUT2D eigenvalue weighted by Gasteiger charge is -2.47. The van der Waals surface area contributed by atoms with E-state index in [2.05, 4.69) is 4.74 Å². The first-order valence-corrected chi connectivity index (χ1v) is 11.0. The fourth-order valence-corrected chi connectivity index (χ4v) is 4.91. The molecule has 5 nitrogen and oxygen atoms in total. The maximum atomic E-state index is 13.0. The number of fused-ring (bicyclic) bond motifs is 2. The zero-order valence-corrected chi connectivity index (χ0v) is 17.8. The van der Waals surface area contributed by atoms with E-state index >= 15 is 0 Å². The first-order valence-electron chi connectivity index (χ1n) is 11.0. The van der Waals surface area contributed by atoms with Gasteiger partial charge < -0.3 is 14.4 Å². The van der Waals surface area contributed by atoms with Crippen LogP contribution in [-0.4, -0.2) is 35.5 Å². The van der Waals surface area contributed by atoms with Crippen LogP contribution in [0.4, 0.5) is 13.6 Å². The summed E-state index contributed by atoms with van der Waals surface area (Å²) in [5.41, 5.74) is 1.59. The van der Waals surface area contributed by atoms with E-state index in [0.29, 0.717) is 18.4 Å². The summed E-state index contributed by atoms with van der Waals surface area (Å²) < 4.78 is 34.9. The average molecular weight is 443 g/mol. The summed E-state index contributed by atoms with van der Waals surface area (Å²) >= 11 is 0. The lowest BCUT2D eigenvalue weighted by atomic mass is 9.76. The van der Waals surface area contributed by atoms with Gasteiger partial charge in [-0.25, -0.2) is 4.79 Å². The van der Waals surface area contributed by atoms with Crippen LogP contribution in [0.25, 0.3) is 0 Å². The van der Waals surface area contributed by atoms with E-state index < -0.39 is 6.61 Å². The van der Waals surface area contributed by atoms with Gasteiger partial charge in [-0.1, -0.05) is 42.5 Å². The predicted molar refractivity (Wildman–Crippen MR) is 114 cm³/mol. The minimum absolute atomic E-state index is 0.00627. The van der Waals surface area contributed by atoms with Crippen molar-refractivity contribution in [2.24, 2.45) is 5.92 Å². The van der Waals surface area contributed by atoms with E-state index in [1.54, 1.807) is 12.1 Å². The van der Waals surface area contributed by atoms with Crippen molar-refractivity contribution < 1.29 is 27.8 Å². The lowest BCUT2D eigenvalue weighted by Crippen LogP contribution is -2.55. The predicted octanol–water partition coefficient (Wildman–Crippen LogP) is 5.37. The van der Waals surface area contributed by atoms with Crippen LogP contribution in [0.5, 0.6) is 5.75 Å². The van der Waals surface area contributed by atoms with Gasteiger partial charge in [0, 0.05) is 24.4 Å². The van der Waals surface area contributed by atoms with Crippen LogP contribution < -0.4 is 4.74 Å². The second-order valence-electron chi connectivity index (χ2n) is 8.52. The Bertz CT molecular complexity index is 923. The van der Waals surface area contributed by atoms with Crippen molar-refractivity contribution in [2.75, 3.05) is 0 Å². The summed E-state index contributed by atoms with van der Waals surface area (Å²) in [6.45, 7) is -2.67. The highest BCUT2D eigenvalue weighted by atomic mass is 19.3. The molecule has 32 heavy (non-hydrogen) atoms. The fourth-order valence-electron chi connectivity index (χ4n) is 4.91. The van der Waals surface area contributed by atoms with Crippen molar-refractivity contribution in [3.05, 3.63) is 65.7 Å². The van der Waals surface area contributed by atoms with Gasteiger partial charge in [0.25, 0.3) is 0 Å². The topological polar surface area (TPSA) is 55.8 Å². The number of Topliss-reactive ketones (excluding diaryl/α,β-unsaturated/α-hetero) is 1. The number of nitrogens with zero attached hydrogens (tertiary/aromatic N) is 1. The molecule has 4 rings (SSSR count). The molecule has 2 bridgehead atoms. The van der Waals surface area contributed by atoms with E-state index in [-0.39, 0.29) is 48.7 Å². The van der Waals surface area contributed by atoms with Gasteiger partial charge in [-0.15, -0.1) is 0 Å². The monoisotopic (exact) mass is 443 g/mol. The third-order valence-electron chi connectivity index (χ3n) is 6.35. The normalized spacial score (nSPS) is 22.5. The second-order valence-corrected chi connectivity index (χ2v) is 8.52. The lowest BCUT2D eigenvalue weighted by molar-refractivity contribution is -0.126. The Kier molecular flexibility index (Phi) is 7.02. The first-order chi connectivity index (χ1) is 15.5. The number of ether oxygens (including phenoxy) is 2. The van der Waals surface area contributed by atoms with Crippen LogP contribution in [0.3, 0.4) is 0 Å². The molecule has 0 aliphatic carbocycles. The van der Waals surface area contributed by atoms with Crippen LogP contribution in [0.1, 0.15) is 43.2 Å². The van der Waals surface area contributed by atoms with Crippen LogP contribution in [0.2, 0.25) is 0 Å². The molecule has 1 amide bonds. The third kappa shape index (κ3) is 5.44. The number of amides is 1. The molecule has 0 saturated carbocycles. The Balaban J connectivity index is 1.36. The zero-order valence-electron chi connectivity index (χ0n) is 17.8. The SMILES string of the molecule is O=C(Cc1cccc(OC(F)F)c1)C1CC2CCCC(C1)N2C(=O)OCc1ccccc1. The summed E-state index contributed by atoms with van der Waals surface area (Å²) in [6, 6.07) is 15.8. The third-order valence-corrected chi connectivity index (χ3v) is 6.35. The zero-order chi connectivity index (χ0) is 22.5. The van der Waals surface area contributed by atoms with E-state index in [4.69, 9.17) is 4.74 Å². The number of ketones is 1. The molecule has 2 aliphatic heterocycles. The van der Waals surface area contributed by atoms with Gasteiger partial charge in [0.15, 0.2) is 0 Å². The molecule has 2 aromatic rings. The molecular formula is C25H27F2NO4. The first kappa shape index (κ1) is 22.2. The number of hydrogen-bond donors (Lipinski definition) is 0. The van der Waals surface area contributed by atoms with Crippen LogP contribution in [0, 0.1) is 5.92 Å². The quantitative estimate of drug-likeness (QED) is 0.577. The largest absolute Gasteiger partial charge is 0.445 e. The molecule has 2 unspecified atom stereocenters. The minimum Gasteiger partial charge on any atom is -0.445 e. The molecule has 2 atom stereocenters. The Hall–Kier alpha value is -2.96. The summed E-state index contributed by atoms with van der Waals surface area (Å²) in [7, 11) is 0. The number of alkyl halides is 2. The van der Waals surface area contributed by atoms with Crippen molar-refractivity contribution in [2.45, 2.75) is 63.8 Å². The highest BCUT2D eigenvalue weighted by molar-refractivity contribution is 5.84. The van der Waals surface area contributed by atoms with Crippen LogP contribution >= 0.6 is 0 Å². The molecular weight excluding hydrogens is 416 g/mol. The van der Waals surface area contributed by atoms with Crippen molar-refractivity contribution >= 4 is 11.9 Å². The van der Waals surface area contributed by atoms with E-state index in [1.165, 1.54) is 12.1 Å². The Morgan fingerprint density at radius 1 is 0.969 bits per heavy atom. The highest BCUT2D eigenvalue weighted by Gasteiger charge is 2.43. The summed E-state index contributed by atoms with van der Waals surface area (Å²) in [4.78, 5) is 27.7. The van der Waals surface area contributed by atoms with Gasteiger partial charge >= 0.3 is 12.7 Å². The van der Waals surface area contributed by atoms with Gasteiger partial charge in [-0.3, -0.25) is 4.79 Å². The highest BCUT2D eigenvalue weighted by Crippen LogP contribution is 2.38. The number of piperidine rings is 2. The number of halogens is 2. The van der Waals surface area contributed by atoms with Crippen LogP contribution in [0.15, 0.2) is 54.6 Å². The van der Waals surface area contributed by atoms with E-state index in [9.17, 15) is 18.4 Å². The standard InChI is InChI=1S/C25H27F2NO4/c26-24(27)32-22-11-4-8-18(12-22)13-23(29)19-14-20-9-5-10-21(15-19)28(20)25(30)31-16-17-6-2-1-3-7-17/h1-4,6-8,11-12,19-21,24H,5,9-10,13-16H2. The van der Waals surface area contributed by atoms with Gasteiger partial charge in [0.2, 0.25) is 0 Å². The maximum absolute atomic E-state index is 13.0. The van der Waals surface area contributed by atoms with Gasteiger partial charge in [0.05, 0.1) is 0 Å². The molecule has 0 spiro atoms. The molecule has 2 fully saturated rings. The summed E-state index contributed by atoms with van der Waals surface area (Å²) in [6.07, 6.45) is 3.84.